The first-order chi connectivity index (χ1) is 16.1. The molecule has 0 saturated carbocycles. The molecule has 0 bridgehead atoms. The minimum Gasteiger partial charge on any atom is -0.496 e. The van der Waals surface area contributed by atoms with E-state index in [9.17, 15) is 4.79 Å². The van der Waals surface area contributed by atoms with E-state index in [-0.39, 0.29) is 17.7 Å². The molecule has 0 spiro atoms. The number of nitrogens with one attached hydrogen (secondary N) is 2. The highest BCUT2D eigenvalue weighted by Crippen LogP contribution is 2.47. The second kappa shape index (κ2) is 8.94. The molecule has 2 aliphatic rings. The molecule has 0 unspecified atom stereocenters. The fourth-order valence-electron chi connectivity index (χ4n) is 4.80. The average Bonchev–Trinajstić information content (AvgIpc) is 3.01. The van der Waals surface area contributed by atoms with E-state index in [1.165, 1.54) is 5.56 Å². The Morgan fingerprint density at radius 2 is 1.58 bits per heavy atom. The van der Waals surface area contributed by atoms with E-state index in [1.54, 1.807) is 14.2 Å². The largest absolute Gasteiger partial charge is 0.496 e. The molecule has 1 aliphatic carbocycles. The summed E-state index contributed by atoms with van der Waals surface area (Å²) in [5.41, 5.74) is 5.63. The number of benzene rings is 3. The summed E-state index contributed by atoms with van der Waals surface area (Å²) < 4.78 is 12.1. The number of carbonyl (C=O) groups excluding carboxylic acids is 1. The van der Waals surface area contributed by atoms with Gasteiger partial charge < -0.3 is 20.1 Å². The third kappa shape index (κ3) is 4.00. The van der Waals surface area contributed by atoms with Gasteiger partial charge >= 0.3 is 0 Å². The van der Waals surface area contributed by atoms with Crippen LogP contribution in [-0.2, 0) is 4.79 Å². The van der Waals surface area contributed by atoms with Gasteiger partial charge in [-0.05, 0) is 58.1 Å². The minimum atomic E-state index is -0.377. The molecule has 0 fully saturated rings. The number of hydrogen-bond donors (Lipinski definition) is 2. The summed E-state index contributed by atoms with van der Waals surface area (Å²) in [5, 5.41) is 7.20. The summed E-state index contributed by atoms with van der Waals surface area (Å²) in [6.07, 6.45) is 1.22. The molecular formula is C27H25BrN2O3. The van der Waals surface area contributed by atoms with Crippen LogP contribution in [0.4, 0.5) is 11.4 Å². The molecule has 168 valence electrons. The number of para-hydroxylation sites is 2. The zero-order valence-corrected chi connectivity index (χ0v) is 20.1. The van der Waals surface area contributed by atoms with Gasteiger partial charge in [-0.25, -0.2) is 0 Å². The molecule has 5 rings (SSSR count). The number of fused-ring (bicyclic) bond motifs is 1. The van der Waals surface area contributed by atoms with E-state index >= 15 is 0 Å². The van der Waals surface area contributed by atoms with Crippen LogP contribution in [0.25, 0.3) is 0 Å². The molecule has 0 amide bonds. The SMILES string of the molecule is COc1cc([C@@H]2Nc3ccccc3NC3=C2C(=O)C[C@H](c2ccccc2)C3)c(OC)cc1Br. The number of anilines is 2. The van der Waals surface area contributed by atoms with Gasteiger partial charge in [0.15, 0.2) is 5.78 Å². The van der Waals surface area contributed by atoms with E-state index in [0.717, 1.165) is 39.1 Å². The van der Waals surface area contributed by atoms with Gasteiger partial charge in [0.25, 0.3) is 0 Å². The highest BCUT2D eigenvalue weighted by molar-refractivity contribution is 9.10. The maximum atomic E-state index is 13.7. The Bertz CT molecular complexity index is 1240. The van der Waals surface area contributed by atoms with Crippen molar-refractivity contribution in [2.75, 3.05) is 24.9 Å². The molecule has 6 heteroatoms. The molecule has 1 heterocycles. The van der Waals surface area contributed by atoms with Crippen molar-refractivity contribution in [3.05, 3.63) is 93.6 Å². The number of Topliss-reactive ketones (excluding diaryl/α,β-unsaturated/α-hetero) is 1. The van der Waals surface area contributed by atoms with Crippen LogP contribution >= 0.6 is 15.9 Å². The maximum Gasteiger partial charge on any atom is 0.163 e. The first kappa shape index (κ1) is 21.6. The number of ketones is 1. The lowest BCUT2D eigenvalue weighted by Crippen LogP contribution is -2.27. The fraction of sp³-hybridized carbons (Fsp3) is 0.222. The number of methoxy groups -OCH3 is 2. The van der Waals surface area contributed by atoms with Crippen molar-refractivity contribution < 1.29 is 14.3 Å². The van der Waals surface area contributed by atoms with Crippen LogP contribution < -0.4 is 20.1 Å². The summed E-state index contributed by atoms with van der Waals surface area (Å²) in [4.78, 5) is 13.7. The van der Waals surface area contributed by atoms with E-state index < -0.39 is 0 Å². The van der Waals surface area contributed by atoms with Crippen molar-refractivity contribution in [1.29, 1.82) is 0 Å². The van der Waals surface area contributed by atoms with Crippen molar-refractivity contribution >= 4 is 33.1 Å². The first-order valence-electron chi connectivity index (χ1n) is 10.9. The van der Waals surface area contributed by atoms with E-state index in [2.05, 4.69) is 38.7 Å². The van der Waals surface area contributed by atoms with Crippen molar-refractivity contribution in [3.8, 4) is 11.5 Å². The van der Waals surface area contributed by atoms with Gasteiger partial charge in [-0.1, -0.05) is 42.5 Å². The fourth-order valence-corrected chi connectivity index (χ4v) is 5.28. The number of hydrogen-bond acceptors (Lipinski definition) is 5. The first-order valence-corrected chi connectivity index (χ1v) is 11.7. The monoisotopic (exact) mass is 504 g/mol. The summed E-state index contributed by atoms with van der Waals surface area (Å²) in [6.45, 7) is 0. The lowest BCUT2D eigenvalue weighted by atomic mass is 9.78. The molecule has 2 N–H and O–H groups in total. The normalized spacial score (nSPS) is 19.5. The zero-order chi connectivity index (χ0) is 22.9. The second-order valence-electron chi connectivity index (χ2n) is 8.31. The Kier molecular flexibility index (Phi) is 5.85. The van der Waals surface area contributed by atoms with E-state index in [1.807, 2.05) is 54.6 Å². The number of carbonyl (C=O) groups is 1. The van der Waals surface area contributed by atoms with Gasteiger partial charge in [0.05, 0.1) is 36.1 Å². The molecule has 1 aliphatic heterocycles. The van der Waals surface area contributed by atoms with E-state index in [4.69, 9.17) is 9.47 Å². The quantitative estimate of drug-likeness (QED) is 0.427. The van der Waals surface area contributed by atoms with Gasteiger partial charge in [-0.2, -0.15) is 0 Å². The maximum absolute atomic E-state index is 13.7. The lowest BCUT2D eigenvalue weighted by Gasteiger charge is -2.30. The summed E-state index contributed by atoms with van der Waals surface area (Å²) >= 11 is 3.55. The molecule has 0 saturated heterocycles. The van der Waals surface area contributed by atoms with Crippen LogP contribution in [0.3, 0.4) is 0 Å². The van der Waals surface area contributed by atoms with Crippen LogP contribution in [0.15, 0.2) is 82.5 Å². The lowest BCUT2D eigenvalue weighted by molar-refractivity contribution is -0.116. The molecular weight excluding hydrogens is 480 g/mol. The highest BCUT2D eigenvalue weighted by Gasteiger charge is 2.37. The average molecular weight is 505 g/mol. The highest BCUT2D eigenvalue weighted by atomic mass is 79.9. The third-order valence-electron chi connectivity index (χ3n) is 6.40. The Morgan fingerprint density at radius 3 is 2.30 bits per heavy atom. The third-order valence-corrected chi connectivity index (χ3v) is 7.01. The topological polar surface area (TPSA) is 59.6 Å². The molecule has 33 heavy (non-hydrogen) atoms. The van der Waals surface area contributed by atoms with Gasteiger partial charge in [-0.15, -0.1) is 0 Å². The van der Waals surface area contributed by atoms with Gasteiger partial charge in [0.2, 0.25) is 0 Å². The van der Waals surface area contributed by atoms with Crippen molar-refractivity contribution in [1.82, 2.24) is 0 Å². The number of rotatable bonds is 4. The summed E-state index contributed by atoms with van der Waals surface area (Å²) in [6, 6.07) is 21.8. The second-order valence-corrected chi connectivity index (χ2v) is 9.16. The van der Waals surface area contributed by atoms with Gasteiger partial charge in [0.1, 0.15) is 11.5 Å². The Balaban J connectivity index is 1.67. The van der Waals surface area contributed by atoms with Crippen LogP contribution in [0.1, 0.15) is 35.9 Å². The summed E-state index contributed by atoms with van der Waals surface area (Å²) in [7, 11) is 3.28. The van der Waals surface area contributed by atoms with E-state index in [0.29, 0.717) is 17.9 Å². The van der Waals surface area contributed by atoms with Crippen LogP contribution in [-0.4, -0.2) is 20.0 Å². The van der Waals surface area contributed by atoms with Crippen molar-refractivity contribution in [3.63, 3.8) is 0 Å². The number of halogens is 1. The van der Waals surface area contributed by atoms with Crippen LogP contribution in [0, 0.1) is 0 Å². The molecule has 2 atom stereocenters. The molecule has 5 nitrogen and oxygen atoms in total. The molecule has 3 aromatic rings. The van der Waals surface area contributed by atoms with Crippen molar-refractivity contribution in [2.24, 2.45) is 0 Å². The van der Waals surface area contributed by atoms with Crippen LogP contribution in [0.5, 0.6) is 11.5 Å². The number of ether oxygens (including phenoxy) is 2. The van der Waals surface area contributed by atoms with Crippen LogP contribution in [0.2, 0.25) is 0 Å². The van der Waals surface area contributed by atoms with Gasteiger partial charge in [-0.3, -0.25) is 4.79 Å². The predicted molar refractivity (Wildman–Crippen MR) is 134 cm³/mol. The zero-order valence-electron chi connectivity index (χ0n) is 18.5. The standard InChI is InChI=1S/C27H25BrN2O3/c1-32-24-15-19(28)25(33-2)14-18(24)27-26-22(29-20-10-6-7-11-21(20)30-27)12-17(13-23(26)31)16-8-4-3-5-9-16/h3-11,14-15,17,27,29-30H,12-13H2,1-2H3/t17-,27+/m1/s1. The van der Waals surface area contributed by atoms with Crippen molar-refractivity contribution in [2.45, 2.75) is 24.8 Å². The van der Waals surface area contributed by atoms with Gasteiger partial charge in [0, 0.05) is 23.3 Å². The summed E-state index contributed by atoms with van der Waals surface area (Å²) in [5.74, 6) is 1.64. The molecule has 0 radical (unpaired) electrons. The Labute approximate surface area is 201 Å². The minimum absolute atomic E-state index is 0.131. The predicted octanol–water partition coefficient (Wildman–Crippen LogP) is 6.45. The Hall–Kier alpha value is -3.25. The molecule has 0 aromatic heterocycles. The molecule has 3 aromatic carbocycles. The Morgan fingerprint density at radius 1 is 0.879 bits per heavy atom. The smallest absolute Gasteiger partial charge is 0.163 e. The number of allylic oxidation sites excluding steroid dienone is 1.